The molecule has 1 unspecified atom stereocenters. The number of amides is 1. The van der Waals surface area contributed by atoms with Gasteiger partial charge in [0, 0.05) is 44.9 Å². The van der Waals surface area contributed by atoms with Crippen molar-refractivity contribution < 1.29 is 9.90 Å². The number of rotatable bonds is 4. The van der Waals surface area contributed by atoms with Crippen molar-refractivity contribution in [3.63, 3.8) is 0 Å². The molecule has 3 fully saturated rings. The maximum Gasteiger partial charge on any atom is 0.233 e. The Hall–Kier alpha value is -2.47. The van der Waals surface area contributed by atoms with Crippen LogP contribution in [-0.4, -0.2) is 58.7 Å². The first-order chi connectivity index (χ1) is 14.2. The number of carbonyl (C=O) groups is 1. The number of piperidine rings is 1. The van der Waals surface area contributed by atoms with Crippen LogP contribution in [-0.2, 0) is 10.2 Å². The van der Waals surface area contributed by atoms with Crippen LogP contribution in [0.2, 0.25) is 0 Å². The predicted molar refractivity (Wildman–Crippen MR) is 110 cm³/mol. The number of carbonyl (C=O) groups excluding carboxylic acids is 1. The van der Waals surface area contributed by atoms with Crippen LogP contribution in [0.5, 0.6) is 0 Å². The normalized spacial score (nSPS) is 24.7. The summed E-state index contributed by atoms with van der Waals surface area (Å²) in [4.78, 5) is 26.1. The molecule has 1 saturated carbocycles. The number of hydrogen-bond donors (Lipinski definition) is 1. The van der Waals surface area contributed by atoms with Crippen molar-refractivity contribution in [3.05, 3.63) is 54.5 Å². The minimum absolute atomic E-state index is 0.0555. The molecule has 1 aromatic heterocycles. The van der Waals surface area contributed by atoms with Gasteiger partial charge in [-0.05, 0) is 42.7 Å². The summed E-state index contributed by atoms with van der Waals surface area (Å²) in [6, 6.07) is 12.2. The first kappa shape index (κ1) is 18.6. The summed E-state index contributed by atoms with van der Waals surface area (Å²) in [6.45, 7) is 3.45. The Labute approximate surface area is 171 Å². The average molecular weight is 393 g/mol. The van der Waals surface area contributed by atoms with Crippen molar-refractivity contribution in [1.29, 1.82) is 0 Å². The zero-order chi connectivity index (χ0) is 19.9. The second kappa shape index (κ2) is 7.10. The minimum Gasteiger partial charge on any atom is -0.396 e. The smallest absolute Gasteiger partial charge is 0.233 e. The molecule has 1 aliphatic carbocycles. The third-order valence-corrected chi connectivity index (χ3v) is 7.46. The van der Waals surface area contributed by atoms with Crippen molar-refractivity contribution in [1.82, 2.24) is 14.9 Å². The molecule has 6 nitrogen and oxygen atoms in total. The lowest BCUT2D eigenvalue weighted by Crippen LogP contribution is -2.49. The maximum absolute atomic E-state index is 13.4. The van der Waals surface area contributed by atoms with Gasteiger partial charge in [0.05, 0.1) is 5.41 Å². The molecular weight excluding hydrogens is 364 g/mol. The van der Waals surface area contributed by atoms with Gasteiger partial charge in [0.25, 0.3) is 0 Å². The van der Waals surface area contributed by atoms with Crippen molar-refractivity contribution in [2.45, 2.75) is 31.1 Å². The molecule has 1 spiro atoms. The summed E-state index contributed by atoms with van der Waals surface area (Å²) >= 11 is 0. The fourth-order valence-corrected chi connectivity index (χ4v) is 5.46. The summed E-state index contributed by atoms with van der Waals surface area (Å²) in [6.07, 6.45) is 7.14. The van der Waals surface area contributed by atoms with E-state index in [0.29, 0.717) is 5.91 Å². The molecule has 1 aromatic carbocycles. The van der Waals surface area contributed by atoms with Crippen LogP contribution < -0.4 is 4.90 Å². The van der Waals surface area contributed by atoms with Gasteiger partial charge in [-0.2, -0.15) is 0 Å². The van der Waals surface area contributed by atoms with Gasteiger partial charge in [-0.15, -0.1) is 0 Å². The van der Waals surface area contributed by atoms with E-state index in [9.17, 15) is 9.90 Å². The average Bonchev–Trinajstić information content (AvgIpc) is 3.53. The van der Waals surface area contributed by atoms with Crippen LogP contribution in [0.25, 0.3) is 0 Å². The summed E-state index contributed by atoms with van der Waals surface area (Å²) in [5.74, 6) is 1.44. The first-order valence-corrected chi connectivity index (χ1v) is 10.6. The van der Waals surface area contributed by atoms with Gasteiger partial charge in [0.2, 0.25) is 5.91 Å². The standard InChI is InChI=1S/C23H28N4O2/c28-15-19-14-27(20-6-11-24-17-25-20)16-22(19)9-12-26(13-10-22)21(29)23(7-8-23)18-4-2-1-3-5-18/h1-6,11,17,19,28H,7-10,12-16H2. The van der Waals surface area contributed by atoms with E-state index < -0.39 is 0 Å². The zero-order valence-electron chi connectivity index (χ0n) is 16.7. The lowest BCUT2D eigenvalue weighted by molar-refractivity contribution is -0.136. The largest absolute Gasteiger partial charge is 0.396 e. The van der Waals surface area contributed by atoms with E-state index in [2.05, 4.69) is 31.9 Å². The highest BCUT2D eigenvalue weighted by atomic mass is 16.3. The number of aliphatic hydroxyl groups is 1. The number of likely N-dealkylation sites (tertiary alicyclic amines) is 1. The molecule has 1 atom stereocenters. The Morgan fingerprint density at radius 2 is 1.86 bits per heavy atom. The SMILES string of the molecule is O=C(N1CCC2(CC1)CN(c1ccncn1)CC2CO)C1(c2ccccc2)CC1. The van der Waals surface area contributed by atoms with E-state index in [0.717, 1.165) is 63.2 Å². The monoisotopic (exact) mass is 392 g/mol. The van der Waals surface area contributed by atoms with Crippen molar-refractivity contribution >= 4 is 11.7 Å². The molecule has 2 saturated heterocycles. The predicted octanol–water partition coefficient (Wildman–Crippen LogP) is 2.25. The highest BCUT2D eigenvalue weighted by molar-refractivity contribution is 5.91. The van der Waals surface area contributed by atoms with Crippen molar-refractivity contribution in [2.75, 3.05) is 37.7 Å². The number of aliphatic hydroxyl groups excluding tert-OH is 1. The van der Waals surface area contributed by atoms with E-state index >= 15 is 0 Å². The van der Waals surface area contributed by atoms with Gasteiger partial charge >= 0.3 is 0 Å². The summed E-state index contributed by atoms with van der Waals surface area (Å²) in [5.41, 5.74) is 0.930. The van der Waals surface area contributed by atoms with Crippen molar-refractivity contribution in [2.24, 2.45) is 11.3 Å². The molecule has 3 heterocycles. The second-order valence-corrected chi connectivity index (χ2v) is 8.93. The van der Waals surface area contributed by atoms with Gasteiger partial charge < -0.3 is 14.9 Å². The molecule has 5 rings (SSSR count). The lowest BCUT2D eigenvalue weighted by atomic mass is 9.71. The first-order valence-electron chi connectivity index (χ1n) is 10.6. The van der Waals surface area contributed by atoms with Crippen LogP contribution in [0.15, 0.2) is 48.9 Å². The molecule has 0 radical (unpaired) electrons. The molecule has 3 aliphatic rings. The van der Waals surface area contributed by atoms with E-state index in [4.69, 9.17) is 0 Å². The Balaban J connectivity index is 1.29. The van der Waals surface area contributed by atoms with Gasteiger partial charge in [-0.25, -0.2) is 9.97 Å². The zero-order valence-corrected chi connectivity index (χ0v) is 16.7. The molecule has 29 heavy (non-hydrogen) atoms. The van der Waals surface area contributed by atoms with E-state index in [1.54, 1.807) is 12.5 Å². The third-order valence-electron chi connectivity index (χ3n) is 7.46. The molecule has 1 N–H and O–H groups in total. The maximum atomic E-state index is 13.4. The topological polar surface area (TPSA) is 69.6 Å². The number of aromatic nitrogens is 2. The fraction of sp³-hybridized carbons (Fsp3) is 0.522. The Morgan fingerprint density at radius 1 is 1.10 bits per heavy atom. The van der Waals surface area contributed by atoms with Gasteiger partial charge in [-0.1, -0.05) is 30.3 Å². The Bertz CT molecular complexity index is 861. The van der Waals surface area contributed by atoms with Crippen LogP contribution >= 0.6 is 0 Å². The second-order valence-electron chi connectivity index (χ2n) is 8.93. The quantitative estimate of drug-likeness (QED) is 0.864. The number of benzene rings is 1. The van der Waals surface area contributed by atoms with Gasteiger partial charge in [0.1, 0.15) is 12.1 Å². The van der Waals surface area contributed by atoms with Crippen LogP contribution in [0.1, 0.15) is 31.2 Å². The third kappa shape index (κ3) is 3.10. The Kier molecular flexibility index (Phi) is 4.54. The molecule has 6 heteroatoms. The number of nitrogens with zero attached hydrogens (tertiary/aromatic N) is 4. The van der Waals surface area contributed by atoms with Crippen LogP contribution in [0, 0.1) is 11.3 Å². The lowest BCUT2D eigenvalue weighted by Gasteiger charge is -2.43. The summed E-state index contributed by atoms with van der Waals surface area (Å²) in [5, 5.41) is 10.1. The van der Waals surface area contributed by atoms with E-state index in [-0.39, 0.29) is 23.4 Å². The number of hydrogen-bond acceptors (Lipinski definition) is 5. The van der Waals surface area contributed by atoms with Gasteiger partial charge in [-0.3, -0.25) is 4.79 Å². The van der Waals surface area contributed by atoms with Crippen LogP contribution in [0.4, 0.5) is 5.82 Å². The van der Waals surface area contributed by atoms with Crippen molar-refractivity contribution in [3.8, 4) is 0 Å². The fourth-order valence-electron chi connectivity index (χ4n) is 5.46. The molecule has 2 aromatic rings. The molecule has 1 amide bonds. The number of anilines is 1. The van der Waals surface area contributed by atoms with E-state index in [1.165, 1.54) is 0 Å². The van der Waals surface area contributed by atoms with Crippen LogP contribution in [0.3, 0.4) is 0 Å². The molecule has 2 aliphatic heterocycles. The highest BCUT2D eigenvalue weighted by Gasteiger charge is 2.55. The summed E-state index contributed by atoms with van der Waals surface area (Å²) < 4.78 is 0. The molecule has 0 bridgehead atoms. The van der Waals surface area contributed by atoms with E-state index in [1.807, 2.05) is 24.3 Å². The molecule has 152 valence electrons. The Morgan fingerprint density at radius 3 is 2.48 bits per heavy atom. The van der Waals surface area contributed by atoms with Gasteiger partial charge in [0.15, 0.2) is 0 Å². The highest BCUT2D eigenvalue weighted by Crippen LogP contribution is 2.51. The summed E-state index contributed by atoms with van der Waals surface area (Å²) in [7, 11) is 0. The minimum atomic E-state index is -0.287. The molecular formula is C23H28N4O2.